The highest BCUT2D eigenvalue weighted by atomic mass is 16.6. The van der Waals surface area contributed by atoms with Crippen molar-refractivity contribution in [1.29, 1.82) is 0 Å². The molecule has 1 atom stereocenters. The van der Waals surface area contributed by atoms with Gasteiger partial charge in [-0.05, 0) is 41.2 Å². The number of fused-ring (bicyclic) bond motifs is 1. The summed E-state index contributed by atoms with van der Waals surface area (Å²) in [5.41, 5.74) is 1.24. The number of nitro groups is 1. The highest BCUT2D eigenvalue weighted by Gasteiger charge is 2.28. The van der Waals surface area contributed by atoms with Crippen molar-refractivity contribution in [3.05, 3.63) is 22.2 Å². The molecule has 0 saturated carbocycles. The summed E-state index contributed by atoms with van der Waals surface area (Å²) >= 11 is 0. The molecule has 1 fully saturated rings. The third-order valence-corrected chi connectivity index (χ3v) is 3.56. The van der Waals surface area contributed by atoms with Gasteiger partial charge in [0.25, 0.3) is 0 Å². The molecule has 0 spiro atoms. The van der Waals surface area contributed by atoms with Crippen LogP contribution in [0.15, 0.2) is 16.8 Å². The number of anilines is 1. The molecule has 1 aliphatic heterocycles. The van der Waals surface area contributed by atoms with E-state index in [2.05, 4.69) is 26.8 Å². The molecule has 1 aromatic carbocycles. The number of benzene rings is 1. The summed E-state index contributed by atoms with van der Waals surface area (Å²) in [4.78, 5) is 13.0. The second-order valence-corrected chi connectivity index (χ2v) is 5.02. The van der Waals surface area contributed by atoms with Crippen molar-refractivity contribution in [2.75, 3.05) is 18.0 Å². The minimum Gasteiger partial charge on any atom is -0.366 e. The van der Waals surface area contributed by atoms with Gasteiger partial charge in [0.1, 0.15) is 11.2 Å². The van der Waals surface area contributed by atoms with Crippen LogP contribution in [-0.2, 0) is 0 Å². The van der Waals surface area contributed by atoms with E-state index in [0.29, 0.717) is 17.1 Å². The molecule has 2 heterocycles. The average molecular weight is 262 g/mol. The normalized spacial score (nSPS) is 19.8. The predicted molar refractivity (Wildman–Crippen MR) is 69.1 cm³/mol. The number of piperidine rings is 1. The van der Waals surface area contributed by atoms with Crippen LogP contribution < -0.4 is 4.90 Å². The molecule has 100 valence electrons. The average Bonchev–Trinajstić information content (AvgIpc) is 2.85. The Labute approximate surface area is 109 Å². The van der Waals surface area contributed by atoms with Gasteiger partial charge in [0.2, 0.25) is 5.52 Å². The summed E-state index contributed by atoms with van der Waals surface area (Å²) < 4.78 is 4.60. The number of aromatic nitrogens is 2. The van der Waals surface area contributed by atoms with Crippen molar-refractivity contribution < 1.29 is 9.55 Å². The van der Waals surface area contributed by atoms with Gasteiger partial charge >= 0.3 is 5.69 Å². The maximum atomic E-state index is 11.3. The molecular weight excluding hydrogens is 248 g/mol. The third-order valence-electron chi connectivity index (χ3n) is 3.56. The largest absolute Gasteiger partial charge is 0.366 e. The van der Waals surface area contributed by atoms with Crippen molar-refractivity contribution in [3.63, 3.8) is 0 Å². The fraction of sp³-hybridized carbons (Fsp3) is 0.500. The molecule has 7 nitrogen and oxygen atoms in total. The second-order valence-electron chi connectivity index (χ2n) is 5.02. The first kappa shape index (κ1) is 11.9. The smallest absolute Gasteiger partial charge is 0.323 e. The Hall–Kier alpha value is -2.18. The van der Waals surface area contributed by atoms with Crippen molar-refractivity contribution in [2.45, 2.75) is 19.8 Å². The van der Waals surface area contributed by atoms with Gasteiger partial charge in [-0.1, -0.05) is 6.92 Å². The first-order valence-electron chi connectivity index (χ1n) is 6.31. The van der Waals surface area contributed by atoms with Crippen molar-refractivity contribution in [2.24, 2.45) is 5.92 Å². The number of hydrogen-bond donors (Lipinski definition) is 0. The summed E-state index contributed by atoms with van der Waals surface area (Å²) in [6.45, 7) is 3.83. The van der Waals surface area contributed by atoms with E-state index in [1.54, 1.807) is 12.1 Å². The lowest BCUT2D eigenvalue weighted by molar-refractivity contribution is -0.382. The Morgan fingerprint density at radius 2 is 2.32 bits per heavy atom. The predicted octanol–water partition coefficient (Wildman–Crippen LogP) is 2.37. The van der Waals surface area contributed by atoms with Crippen molar-refractivity contribution >= 4 is 22.4 Å². The molecule has 1 saturated heterocycles. The molecule has 3 rings (SSSR count). The number of nitro benzene ring substituents is 1. The molecule has 19 heavy (non-hydrogen) atoms. The van der Waals surface area contributed by atoms with Crippen LogP contribution in [0.5, 0.6) is 0 Å². The molecule has 0 N–H and O–H groups in total. The Morgan fingerprint density at radius 1 is 1.47 bits per heavy atom. The summed E-state index contributed by atoms with van der Waals surface area (Å²) in [7, 11) is 0. The van der Waals surface area contributed by atoms with E-state index in [9.17, 15) is 10.1 Å². The van der Waals surface area contributed by atoms with Crippen LogP contribution >= 0.6 is 0 Å². The summed E-state index contributed by atoms with van der Waals surface area (Å²) in [6, 6.07) is 3.45. The van der Waals surface area contributed by atoms with Crippen LogP contribution in [0.3, 0.4) is 0 Å². The maximum absolute atomic E-state index is 11.3. The Kier molecular flexibility index (Phi) is 2.81. The second kappa shape index (κ2) is 4.49. The lowest BCUT2D eigenvalue weighted by atomic mass is 9.99. The molecule has 1 aliphatic rings. The molecule has 0 aliphatic carbocycles. The van der Waals surface area contributed by atoms with Crippen LogP contribution in [-0.4, -0.2) is 28.3 Å². The number of rotatable bonds is 2. The first-order valence-corrected chi connectivity index (χ1v) is 6.31. The molecular formula is C12H14N4O3. The Morgan fingerprint density at radius 3 is 3.05 bits per heavy atom. The van der Waals surface area contributed by atoms with Gasteiger partial charge in [0, 0.05) is 13.1 Å². The standard InChI is InChI=1S/C12H14N4O3/c1-8-3-2-6-15(7-8)10-5-4-9-11(14-19-13-9)12(10)16(17)18/h4-5,8H,2-3,6-7H2,1H3/t8-/m1/s1. The molecule has 1 aromatic heterocycles. The minimum atomic E-state index is -0.402. The molecule has 2 aromatic rings. The van der Waals surface area contributed by atoms with Crippen LogP contribution in [0, 0.1) is 16.0 Å². The zero-order chi connectivity index (χ0) is 13.4. The molecule has 0 amide bonds. The maximum Gasteiger partial charge on any atom is 0.323 e. The monoisotopic (exact) mass is 262 g/mol. The summed E-state index contributed by atoms with van der Waals surface area (Å²) in [6.07, 6.45) is 2.21. The van der Waals surface area contributed by atoms with Gasteiger partial charge in [-0.15, -0.1) is 0 Å². The van der Waals surface area contributed by atoms with Crippen LogP contribution in [0.25, 0.3) is 11.0 Å². The van der Waals surface area contributed by atoms with Crippen LogP contribution in [0.4, 0.5) is 11.4 Å². The van der Waals surface area contributed by atoms with E-state index in [1.807, 2.05) is 0 Å². The van der Waals surface area contributed by atoms with E-state index >= 15 is 0 Å². The molecule has 0 bridgehead atoms. The Balaban J connectivity index is 2.11. The Bertz CT molecular complexity index is 624. The molecule has 0 unspecified atom stereocenters. The van der Waals surface area contributed by atoms with E-state index in [-0.39, 0.29) is 11.2 Å². The van der Waals surface area contributed by atoms with E-state index in [0.717, 1.165) is 25.9 Å². The van der Waals surface area contributed by atoms with Crippen LogP contribution in [0.1, 0.15) is 19.8 Å². The fourth-order valence-electron chi connectivity index (χ4n) is 2.67. The summed E-state index contributed by atoms with van der Waals surface area (Å²) in [5.74, 6) is 0.541. The van der Waals surface area contributed by atoms with Gasteiger partial charge in [-0.2, -0.15) is 0 Å². The lowest BCUT2D eigenvalue weighted by Gasteiger charge is -2.32. The number of nitrogens with zero attached hydrogens (tertiary/aromatic N) is 4. The van der Waals surface area contributed by atoms with E-state index in [1.165, 1.54) is 0 Å². The SMILES string of the molecule is C[C@@H]1CCCN(c2ccc3nonc3c2[N+](=O)[O-])C1. The van der Waals surface area contributed by atoms with Gasteiger partial charge in [-0.25, -0.2) is 4.63 Å². The van der Waals surface area contributed by atoms with Gasteiger partial charge < -0.3 is 4.90 Å². The highest BCUT2D eigenvalue weighted by molar-refractivity contribution is 5.91. The molecule has 7 heteroatoms. The van der Waals surface area contributed by atoms with Crippen molar-refractivity contribution in [3.8, 4) is 0 Å². The first-order chi connectivity index (χ1) is 9.16. The quantitative estimate of drug-likeness (QED) is 0.610. The van der Waals surface area contributed by atoms with E-state index in [4.69, 9.17) is 0 Å². The highest BCUT2D eigenvalue weighted by Crippen LogP contribution is 2.36. The van der Waals surface area contributed by atoms with Gasteiger partial charge in [0.05, 0.1) is 4.92 Å². The topological polar surface area (TPSA) is 85.3 Å². The zero-order valence-electron chi connectivity index (χ0n) is 10.6. The van der Waals surface area contributed by atoms with Crippen molar-refractivity contribution in [1.82, 2.24) is 10.3 Å². The van der Waals surface area contributed by atoms with Crippen LogP contribution in [0.2, 0.25) is 0 Å². The van der Waals surface area contributed by atoms with E-state index < -0.39 is 4.92 Å². The number of hydrogen-bond acceptors (Lipinski definition) is 6. The zero-order valence-corrected chi connectivity index (χ0v) is 10.6. The van der Waals surface area contributed by atoms with Gasteiger partial charge in [0.15, 0.2) is 0 Å². The fourth-order valence-corrected chi connectivity index (χ4v) is 2.67. The summed E-state index contributed by atoms with van der Waals surface area (Å²) in [5, 5.41) is 18.6. The van der Waals surface area contributed by atoms with Gasteiger partial charge in [-0.3, -0.25) is 10.1 Å². The molecule has 0 radical (unpaired) electrons. The lowest BCUT2D eigenvalue weighted by Crippen LogP contribution is -2.34. The minimum absolute atomic E-state index is 0.00662. The third kappa shape index (κ3) is 2.00.